The Balaban J connectivity index is 1.02. The number of rotatable bonds is 4. The molecule has 262 valence electrons. The van der Waals surface area contributed by atoms with Gasteiger partial charge in [0.15, 0.2) is 5.84 Å². The van der Waals surface area contributed by atoms with Crippen LogP contribution in [0.1, 0.15) is 45.1 Å². The Morgan fingerprint density at radius 2 is 1.04 bits per heavy atom. The zero-order valence-corrected chi connectivity index (χ0v) is 30.3. The minimum Gasteiger partial charge on any atom is -0.456 e. The van der Waals surface area contributed by atoms with Crippen molar-refractivity contribution in [2.24, 2.45) is 9.98 Å². The van der Waals surface area contributed by atoms with Crippen LogP contribution in [0.25, 0.3) is 55.3 Å². The normalized spacial score (nSPS) is 15.8. The molecule has 8 aromatic carbocycles. The second-order valence-electron chi connectivity index (χ2n) is 14.9. The van der Waals surface area contributed by atoms with Crippen molar-refractivity contribution in [1.29, 1.82) is 0 Å². The van der Waals surface area contributed by atoms with Gasteiger partial charge in [-0.15, -0.1) is 0 Å². The number of aliphatic imine (C=N–C) groups is 2. The summed E-state index contributed by atoms with van der Waals surface area (Å²) in [6, 6.07) is 67.3. The van der Waals surface area contributed by atoms with Gasteiger partial charge in [0.2, 0.25) is 0 Å². The number of furan rings is 1. The average Bonchev–Trinajstić information content (AvgIpc) is 3.90. The average molecular weight is 716 g/mol. The Morgan fingerprint density at radius 1 is 0.446 bits per heavy atom. The molecule has 0 saturated carbocycles. The monoisotopic (exact) mass is 715 g/mol. The quantitative estimate of drug-likeness (QED) is 0.197. The van der Waals surface area contributed by atoms with Crippen LogP contribution < -0.4 is 5.32 Å². The van der Waals surface area contributed by atoms with Gasteiger partial charge < -0.3 is 9.73 Å². The van der Waals surface area contributed by atoms with E-state index in [1.54, 1.807) is 0 Å². The summed E-state index contributed by atoms with van der Waals surface area (Å²) >= 11 is 0. The van der Waals surface area contributed by atoms with E-state index in [2.05, 4.69) is 157 Å². The molecule has 2 heterocycles. The molecule has 1 unspecified atom stereocenters. The maximum atomic E-state index is 6.68. The predicted octanol–water partition coefficient (Wildman–Crippen LogP) is 12.1. The molecule has 12 rings (SSSR count). The maximum Gasteiger partial charge on any atom is 0.159 e. The van der Waals surface area contributed by atoms with Crippen molar-refractivity contribution in [2.45, 2.75) is 11.6 Å². The lowest BCUT2D eigenvalue weighted by molar-refractivity contribution is 0.667. The van der Waals surface area contributed by atoms with Gasteiger partial charge in [0.1, 0.15) is 23.2 Å². The lowest BCUT2D eigenvalue weighted by Crippen LogP contribution is -2.33. The Hall–Kier alpha value is -7.30. The number of amidine groups is 2. The molecule has 0 radical (unpaired) electrons. The third kappa shape index (κ3) is 4.35. The van der Waals surface area contributed by atoms with Crippen LogP contribution in [-0.4, -0.2) is 11.7 Å². The molecule has 4 nitrogen and oxygen atoms in total. The van der Waals surface area contributed by atoms with Gasteiger partial charge in [-0.3, -0.25) is 0 Å². The number of hydrogen-bond donors (Lipinski definition) is 1. The number of hydrogen-bond acceptors (Lipinski definition) is 4. The summed E-state index contributed by atoms with van der Waals surface area (Å²) < 4.78 is 6.68. The molecule has 1 aromatic heterocycles. The van der Waals surface area contributed by atoms with Gasteiger partial charge in [0.25, 0.3) is 0 Å². The summed E-state index contributed by atoms with van der Waals surface area (Å²) in [6.07, 6.45) is -0.273. The highest BCUT2D eigenvalue weighted by Gasteiger charge is 2.51. The molecule has 1 atom stereocenters. The molecule has 4 heteroatoms. The van der Waals surface area contributed by atoms with Crippen LogP contribution in [0.3, 0.4) is 0 Å². The van der Waals surface area contributed by atoms with E-state index >= 15 is 0 Å². The van der Waals surface area contributed by atoms with Crippen molar-refractivity contribution in [3.05, 3.63) is 227 Å². The fourth-order valence-electron chi connectivity index (χ4n) is 9.60. The highest BCUT2D eigenvalue weighted by molar-refractivity contribution is 6.17. The first-order valence-corrected chi connectivity index (χ1v) is 19.2. The summed E-state index contributed by atoms with van der Waals surface area (Å²) in [6.45, 7) is 0. The fourth-order valence-corrected chi connectivity index (χ4v) is 9.60. The Bertz CT molecular complexity index is 3060. The van der Waals surface area contributed by atoms with Crippen molar-refractivity contribution in [2.75, 3.05) is 0 Å². The van der Waals surface area contributed by atoms with E-state index in [1.165, 1.54) is 50.1 Å². The fraction of sp³-hybridized carbons (Fsp3) is 0.0385. The Morgan fingerprint density at radius 3 is 1.73 bits per heavy atom. The summed E-state index contributed by atoms with van der Waals surface area (Å²) in [4.78, 5) is 10.2. The molecular weight excluding hydrogens is 683 g/mol. The summed E-state index contributed by atoms with van der Waals surface area (Å²) in [5, 5.41) is 5.73. The molecule has 1 aliphatic heterocycles. The summed E-state index contributed by atoms with van der Waals surface area (Å²) in [5.74, 6) is 1.46. The Labute approximate surface area is 324 Å². The van der Waals surface area contributed by atoms with Crippen molar-refractivity contribution in [1.82, 2.24) is 5.32 Å². The standard InChI is InChI=1S/C52H33N3O/c1-3-14-32(15-4-1)49-53-50(33-16-5-2-6-17-33)55-51(54-49)35-27-29-41-47(31-35)56-46-25-13-21-36(48(41)46)34-26-28-40-39-20-9-12-24-44(39)52(45(40)30-34)42-22-10-7-18-37(42)38-19-8-11-23-43(38)52/h1-31,49H,(H,53,54,55). The highest BCUT2D eigenvalue weighted by atomic mass is 16.3. The zero-order valence-electron chi connectivity index (χ0n) is 30.3. The largest absolute Gasteiger partial charge is 0.456 e. The van der Waals surface area contributed by atoms with E-state index in [1.807, 2.05) is 36.4 Å². The van der Waals surface area contributed by atoms with E-state index in [9.17, 15) is 0 Å². The first-order chi connectivity index (χ1) is 27.8. The molecule has 56 heavy (non-hydrogen) atoms. The van der Waals surface area contributed by atoms with Crippen LogP contribution in [0.15, 0.2) is 202 Å². The number of nitrogens with one attached hydrogen (secondary N) is 1. The van der Waals surface area contributed by atoms with Gasteiger partial charge in [-0.05, 0) is 85.5 Å². The van der Waals surface area contributed by atoms with E-state index < -0.39 is 5.41 Å². The van der Waals surface area contributed by atoms with Crippen LogP contribution in [0.4, 0.5) is 0 Å². The summed E-state index contributed by atoms with van der Waals surface area (Å²) in [7, 11) is 0. The third-order valence-electron chi connectivity index (χ3n) is 12.0. The molecular formula is C52H33N3O. The zero-order chi connectivity index (χ0) is 36.8. The van der Waals surface area contributed by atoms with Gasteiger partial charge in [-0.2, -0.15) is 0 Å². The summed E-state index contributed by atoms with van der Waals surface area (Å²) in [5.41, 5.74) is 17.1. The van der Waals surface area contributed by atoms with Crippen LogP contribution in [0.5, 0.6) is 0 Å². The van der Waals surface area contributed by atoms with Crippen LogP contribution in [0, 0.1) is 0 Å². The first kappa shape index (κ1) is 31.1. The van der Waals surface area contributed by atoms with E-state index in [4.69, 9.17) is 14.4 Å². The second kappa shape index (κ2) is 11.8. The van der Waals surface area contributed by atoms with Gasteiger partial charge in [0, 0.05) is 21.9 Å². The Kier molecular flexibility index (Phi) is 6.58. The third-order valence-corrected chi connectivity index (χ3v) is 12.0. The van der Waals surface area contributed by atoms with Gasteiger partial charge in [-0.25, -0.2) is 9.98 Å². The highest BCUT2D eigenvalue weighted by Crippen LogP contribution is 2.63. The molecule has 9 aromatic rings. The number of fused-ring (bicyclic) bond motifs is 13. The minimum atomic E-state index is -0.400. The van der Waals surface area contributed by atoms with E-state index in [0.717, 1.165) is 50.0 Å². The smallest absolute Gasteiger partial charge is 0.159 e. The first-order valence-electron chi connectivity index (χ1n) is 19.2. The lowest BCUT2D eigenvalue weighted by atomic mass is 9.70. The molecule has 0 amide bonds. The molecule has 3 aliphatic rings. The van der Waals surface area contributed by atoms with E-state index in [0.29, 0.717) is 5.84 Å². The van der Waals surface area contributed by atoms with Crippen molar-refractivity contribution >= 4 is 33.6 Å². The van der Waals surface area contributed by atoms with Crippen molar-refractivity contribution in [3.8, 4) is 33.4 Å². The van der Waals surface area contributed by atoms with Crippen molar-refractivity contribution in [3.63, 3.8) is 0 Å². The second-order valence-corrected chi connectivity index (χ2v) is 14.9. The van der Waals surface area contributed by atoms with Crippen LogP contribution >= 0.6 is 0 Å². The molecule has 0 bridgehead atoms. The number of benzene rings is 8. The topological polar surface area (TPSA) is 49.9 Å². The number of nitrogens with zero attached hydrogens (tertiary/aromatic N) is 2. The molecule has 1 spiro atoms. The van der Waals surface area contributed by atoms with E-state index in [-0.39, 0.29) is 6.17 Å². The van der Waals surface area contributed by atoms with Crippen LogP contribution in [0.2, 0.25) is 0 Å². The van der Waals surface area contributed by atoms with Gasteiger partial charge in [-0.1, -0.05) is 164 Å². The van der Waals surface area contributed by atoms with Gasteiger partial charge >= 0.3 is 0 Å². The molecule has 0 fully saturated rings. The predicted molar refractivity (Wildman–Crippen MR) is 227 cm³/mol. The minimum absolute atomic E-state index is 0.273. The van der Waals surface area contributed by atoms with Crippen LogP contribution in [-0.2, 0) is 5.41 Å². The molecule has 1 N–H and O–H groups in total. The van der Waals surface area contributed by atoms with Crippen molar-refractivity contribution < 1.29 is 4.42 Å². The van der Waals surface area contributed by atoms with Gasteiger partial charge in [0.05, 0.1) is 5.41 Å². The SMILES string of the molecule is c1ccc(C2=NC(c3ccc4c(c3)oc3cccc(-c5ccc6c(c5)C5(c7ccccc7-c7ccccc75)c5ccccc5-6)c34)=NC(c3ccccc3)N2)cc1. The lowest BCUT2D eigenvalue weighted by Gasteiger charge is -2.30. The molecule has 0 saturated heterocycles. The molecule has 2 aliphatic carbocycles. The maximum absolute atomic E-state index is 6.68.